The van der Waals surface area contributed by atoms with Crippen molar-refractivity contribution in [3.63, 3.8) is 0 Å². The summed E-state index contributed by atoms with van der Waals surface area (Å²) < 4.78 is 5.25. The number of nitrogens with one attached hydrogen (secondary N) is 1. The molecule has 0 spiro atoms. The summed E-state index contributed by atoms with van der Waals surface area (Å²) in [5, 5.41) is 2.90. The van der Waals surface area contributed by atoms with Gasteiger partial charge >= 0.3 is 5.97 Å². The molecule has 0 saturated carbocycles. The van der Waals surface area contributed by atoms with Gasteiger partial charge in [0, 0.05) is 23.5 Å². The summed E-state index contributed by atoms with van der Waals surface area (Å²) in [4.78, 5) is 40.6. The predicted octanol–water partition coefficient (Wildman–Crippen LogP) is 4.44. The zero-order valence-corrected chi connectivity index (χ0v) is 18.6. The molecule has 1 atom stereocenters. The lowest BCUT2D eigenvalue weighted by Gasteiger charge is -2.33. The van der Waals surface area contributed by atoms with E-state index in [9.17, 15) is 14.4 Å². The number of allylic oxidation sites excluding steroid dienone is 1. The van der Waals surface area contributed by atoms with Crippen LogP contribution in [0.15, 0.2) is 53.7 Å². The number of rotatable bonds is 5. The summed E-state index contributed by atoms with van der Waals surface area (Å²) in [5.41, 5.74) is 4.92. The normalized spacial score (nSPS) is 16.4. The van der Waals surface area contributed by atoms with E-state index < -0.39 is 17.8 Å². The minimum atomic E-state index is -0.923. The van der Waals surface area contributed by atoms with Gasteiger partial charge in [0.05, 0.1) is 18.1 Å². The van der Waals surface area contributed by atoms with Crippen LogP contribution in [0.1, 0.15) is 37.0 Å². The van der Waals surface area contributed by atoms with Gasteiger partial charge in [0.2, 0.25) is 11.8 Å². The van der Waals surface area contributed by atoms with E-state index in [0.717, 1.165) is 16.7 Å². The minimum absolute atomic E-state index is 0.115. The topological polar surface area (TPSA) is 75.7 Å². The number of benzene rings is 2. The fraction of sp³-hybridized carbons (Fsp3) is 0.320. The van der Waals surface area contributed by atoms with Crippen molar-refractivity contribution in [3.8, 4) is 0 Å². The minimum Gasteiger partial charge on any atom is -0.463 e. The Bertz CT molecular complexity index is 1050. The van der Waals surface area contributed by atoms with Crippen LogP contribution in [-0.2, 0) is 19.1 Å². The molecular formula is C25H28N2O4. The van der Waals surface area contributed by atoms with Crippen LogP contribution in [0.2, 0.25) is 0 Å². The molecule has 0 aliphatic carbocycles. The van der Waals surface area contributed by atoms with Gasteiger partial charge < -0.3 is 10.1 Å². The molecule has 162 valence electrons. The standard InChI is InChI=1S/C25H28N2O4/c1-6-31-25(30)23-18(5)27(19-11-8-15(2)9-12-19)22(28)14-20(23)24(29)26-21-13-16(3)7-10-17(21)4/h7-13,20H,6,14H2,1-5H3,(H,26,29). The predicted molar refractivity (Wildman–Crippen MR) is 121 cm³/mol. The van der Waals surface area contributed by atoms with E-state index in [2.05, 4.69) is 5.32 Å². The van der Waals surface area contributed by atoms with Crippen molar-refractivity contribution in [1.82, 2.24) is 0 Å². The van der Waals surface area contributed by atoms with Crippen LogP contribution in [0.25, 0.3) is 0 Å². The molecule has 3 rings (SSSR count). The monoisotopic (exact) mass is 420 g/mol. The van der Waals surface area contributed by atoms with Crippen molar-refractivity contribution in [3.05, 3.63) is 70.4 Å². The number of amides is 2. The van der Waals surface area contributed by atoms with E-state index in [1.165, 1.54) is 4.90 Å². The first kappa shape index (κ1) is 22.3. The molecule has 2 aromatic carbocycles. The van der Waals surface area contributed by atoms with E-state index in [0.29, 0.717) is 17.1 Å². The van der Waals surface area contributed by atoms with Gasteiger partial charge in [-0.1, -0.05) is 29.8 Å². The number of nitrogens with zero attached hydrogens (tertiary/aromatic N) is 1. The fourth-order valence-electron chi connectivity index (χ4n) is 3.77. The van der Waals surface area contributed by atoms with Gasteiger partial charge in [-0.3, -0.25) is 14.5 Å². The highest BCUT2D eigenvalue weighted by Crippen LogP contribution is 2.34. The van der Waals surface area contributed by atoms with Crippen molar-refractivity contribution in [2.45, 2.75) is 41.0 Å². The molecule has 2 aromatic rings. The average Bonchev–Trinajstić information content (AvgIpc) is 2.71. The summed E-state index contributed by atoms with van der Waals surface area (Å²) in [7, 11) is 0. The van der Waals surface area contributed by atoms with Crippen LogP contribution in [0.3, 0.4) is 0 Å². The molecule has 31 heavy (non-hydrogen) atoms. The van der Waals surface area contributed by atoms with Crippen molar-refractivity contribution in [2.24, 2.45) is 5.92 Å². The summed E-state index contributed by atoms with van der Waals surface area (Å²) >= 11 is 0. The quantitative estimate of drug-likeness (QED) is 0.726. The zero-order valence-electron chi connectivity index (χ0n) is 18.6. The summed E-state index contributed by atoms with van der Waals surface area (Å²) in [6.45, 7) is 9.37. The first-order valence-corrected chi connectivity index (χ1v) is 10.4. The lowest BCUT2D eigenvalue weighted by Crippen LogP contribution is -2.43. The average molecular weight is 421 g/mol. The molecule has 0 radical (unpaired) electrons. The van der Waals surface area contributed by atoms with Gasteiger partial charge in [-0.05, 0) is 63.9 Å². The smallest absolute Gasteiger partial charge is 0.336 e. The molecule has 1 heterocycles. The molecular weight excluding hydrogens is 392 g/mol. The first-order chi connectivity index (χ1) is 14.7. The SMILES string of the molecule is CCOC(=O)C1=C(C)N(c2ccc(C)cc2)C(=O)CC1C(=O)Nc1cc(C)ccc1C. The van der Waals surface area contributed by atoms with Gasteiger partial charge in [0.15, 0.2) is 0 Å². The third-order valence-electron chi connectivity index (χ3n) is 5.46. The van der Waals surface area contributed by atoms with E-state index in [1.54, 1.807) is 13.8 Å². The Balaban J connectivity index is 2.02. The Kier molecular flexibility index (Phi) is 6.59. The molecule has 0 bridgehead atoms. The Hall–Kier alpha value is -3.41. The summed E-state index contributed by atoms with van der Waals surface area (Å²) in [6.07, 6.45) is -0.115. The van der Waals surface area contributed by atoms with E-state index >= 15 is 0 Å². The number of ether oxygens (including phenoxy) is 1. The van der Waals surface area contributed by atoms with Gasteiger partial charge in [0.1, 0.15) is 0 Å². The van der Waals surface area contributed by atoms with Crippen LogP contribution in [-0.4, -0.2) is 24.4 Å². The molecule has 1 aliphatic rings. The number of anilines is 2. The molecule has 6 heteroatoms. The maximum absolute atomic E-state index is 13.2. The van der Waals surface area contributed by atoms with Crippen molar-refractivity contribution < 1.29 is 19.1 Å². The Labute approximate surface area is 182 Å². The first-order valence-electron chi connectivity index (χ1n) is 10.4. The zero-order chi connectivity index (χ0) is 22.7. The second-order valence-electron chi connectivity index (χ2n) is 7.85. The number of hydrogen-bond acceptors (Lipinski definition) is 4. The van der Waals surface area contributed by atoms with Crippen LogP contribution in [0.5, 0.6) is 0 Å². The van der Waals surface area contributed by atoms with Crippen molar-refractivity contribution in [2.75, 3.05) is 16.8 Å². The maximum atomic E-state index is 13.2. The second kappa shape index (κ2) is 9.16. The molecule has 1 unspecified atom stereocenters. The Morgan fingerprint density at radius 3 is 2.32 bits per heavy atom. The highest BCUT2D eigenvalue weighted by molar-refractivity contribution is 6.10. The number of aryl methyl sites for hydroxylation is 3. The lowest BCUT2D eigenvalue weighted by molar-refractivity contribution is -0.141. The second-order valence-corrected chi connectivity index (χ2v) is 7.85. The molecule has 0 aromatic heterocycles. The number of esters is 1. The lowest BCUT2D eigenvalue weighted by atomic mass is 9.88. The Morgan fingerprint density at radius 1 is 1.03 bits per heavy atom. The molecule has 0 fully saturated rings. The highest BCUT2D eigenvalue weighted by Gasteiger charge is 2.40. The molecule has 2 amide bonds. The van der Waals surface area contributed by atoms with E-state index in [1.807, 2.05) is 63.2 Å². The number of carbonyl (C=O) groups is 3. The maximum Gasteiger partial charge on any atom is 0.336 e. The summed E-state index contributed by atoms with van der Waals surface area (Å²) in [5.74, 6) is -2.14. The molecule has 1 N–H and O–H groups in total. The van der Waals surface area contributed by atoms with Crippen LogP contribution in [0.4, 0.5) is 11.4 Å². The van der Waals surface area contributed by atoms with Gasteiger partial charge in [0.25, 0.3) is 0 Å². The third-order valence-corrected chi connectivity index (χ3v) is 5.46. The molecule has 6 nitrogen and oxygen atoms in total. The Morgan fingerprint density at radius 2 is 1.68 bits per heavy atom. The summed E-state index contributed by atoms with van der Waals surface area (Å²) in [6, 6.07) is 13.2. The fourth-order valence-corrected chi connectivity index (χ4v) is 3.77. The number of hydrogen-bond donors (Lipinski definition) is 1. The van der Waals surface area contributed by atoms with Gasteiger partial charge in [-0.25, -0.2) is 4.79 Å². The van der Waals surface area contributed by atoms with Gasteiger partial charge in [-0.15, -0.1) is 0 Å². The largest absolute Gasteiger partial charge is 0.463 e. The third kappa shape index (κ3) is 4.68. The molecule has 0 saturated heterocycles. The van der Waals surface area contributed by atoms with Crippen molar-refractivity contribution >= 4 is 29.2 Å². The van der Waals surface area contributed by atoms with Crippen LogP contribution in [0, 0.1) is 26.7 Å². The number of carbonyl (C=O) groups excluding carboxylic acids is 3. The van der Waals surface area contributed by atoms with E-state index in [-0.39, 0.29) is 24.5 Å². The van der Waals surface area contributed by atoms with Crippen LogP contribution >= 0.6 is 0 Å². The van der Waals surface area contributed by atoms with E-state index in [4.69, 9.17) is 4.74 Å². The van der Waals surface area contributed by atoms with Crippen LogP contribution < -0.4 is 10.2 Å². The van der Waals surface area contributed by atoms with Crippen molar-refractivity contribution in [1.29, 1.82) is 0 Å². The highest BCUT2D eigenvalue weighted by atomic mass is 16.5. The van der Waals surface area contributed by atoms with Gasteiger partial charge in [-0.2, -0.15) is 0 Å². The molecule has 1 aliphatic heterocycles.